The summed E-state index contributed by atoms with van der Waals surface area (Å²) in [5, 5.41) is 9.77. The van der Waals surface area contributed by atoms with Crippen LogP contribution in [0.15, 0.2) is 91.0 Å². The Morgan fingerprint density at radius 1 is 0.852 bits per heavy atom. The summed E-state index contributed by atoms with van der Waals surface area (Å²) < 4.78 is 6.65. The lowest BCUT2D eigenvalue weighted by molar-refractivity contribution is 0.319. The van der Waals surface area contributed by atoms with Gasteiger partial charge in [-0.2, -0.15) is 0 Å². The third-order valence-corrected chi connectivity index (χ3v) is 7.16. The second kappa shape index (κ2) is 9.64. The van der Waals surface area contributed by atoms with Gasteiger partial charge in [0.15, 0.2) is 0 Å². The van der Waals surface area contributed by atoms with Gasteiger partial charge in [0.2, 0.25) is 0 Å². The minimum Gasteiger partial charge on any atom is -0.420 e. The lowest BCUT2D eigenvalue weighted by Gasteiger charge is -2.29. The van der Waals surface area contributed by atoms with Crippen molar-refractivity contribution in [2.75, 3.05) is 0 Å². The second-order valence-corrected chi connectivity index (χ2v) is 8.97. The van der Waals surface area contributed by atoms with Gasteiger partial charge in [-0.3, -0.25) is 0 Å². The quantitative estimate of drug-likeness (QED) is 0.356. The van der Waals surface area contributed by atoms with Gasteiger partial charge < -0.3 is 10.1 Å². The Morgan fingerprint density at radius 2 is 1.30 bits per heavy atom. The van der Waals surface area contributed by atoms with E-state index in [1.165, 1.54) is 5.30 Å². The van der Waals surface area contributed by atoms with Crippen molar-refractivity contribution >= 4 is 36.5 Å². The molecular formula is C23H25BNOP. The molecule has 0 spiro atoms. The molecule has 2 atom stereocenters. The van der Waals surface area contributed by atoms with Crippen molar-refractivity contribution in [3.63, 3.8) is 0 Å². The van der Waals surface area contributed by atoms with Gasteiger partial charge in [-0.25, -0.2) is 0 Å². The standard InChI is InChI=1S/C23H25BNOP/c1-3-23(25)27(22-17-11-6-12-18-22)19(2)26-24(20-13-7-4-8-14-20)21-15-9-5-10-16-21/h4-19,25H,3H2,1-2H3. The maximum atomic E-state index is 8.56. The average Bonchev–Trinajstić information content (AvgIpc) is 2.74. The van der Waals surface area contributed by atoms with Crippen LogP contribution in [0.25, 0.3) is 0 Å². The Balaban J connectivity index is 1.93. The highest BCUT2D eigenvalue weighted by Gasteiger charge is 2.29. The maximum Gasteiger partial charge on any atom is 0.362 e. The Morgan fingerprint density at radius 3 is 1.74 bits per heavy atom. The molecule has 4 heteroatoms. The Hall–Kier alpha value is -2.22. The predicted molar refractivity (Wildman–Crippen MR) is 119 cm³/mol. The molecule has 0 heterocycles. The molecule has 0 fully saturated rings. The van der Waals surface area contributed by atoms with E-state index in [2.05, 4.69) is 50.2 Å². The van der Waals surface area contributed by atoms with Crippen LogP contribution in [0.3, 0.4) is 0 Å². The highest BCUT2D eigenvalue weighted by Crippen LogP contribution is 2.43. The molecule has 2 unspecified atom stereocenters. The molecule has 0 aliphatic carbocycles. The van der Waals surface area contributed by atoms with E-state index in [1.54, 1.807) is 0 Å². The summed E-state index contributed by atoms with van der Waals surface area (Å²) in [4.78, 5) is 0. The van der Waals surface area contributed by atoms with E-state index in [0.29, 0.717) is 0 Å². The van der Waals surface area contributed by atoms with Crippen LogP contribution >= 0.6 is 7.92 Å². The first kappa shape index (κ1) is 19.5. The molecule has 0 saturated heterocycles. The van der Waals surface area contributed by atoms with E-state index < -0.39 is 7.92 Å². The number of hydrogen-bond donors (Lipinski definition) is 1. The van der Waals surface area contributed by atoms with Crippen LogP contribution in [-0.4, -0.2) is 18.2 Å². The molecule has 0 radical (unpaired) electrons. The van der Waals surface area contributed by atoms with Crippen molar-refractivity contribution in [2.45, 2.75) is 26.1 Å². The van der Waals surface area contributed by atoms with Crippen LogP contribution in [-0.2, 0) is 4.65 Å². The smallest absolute Gasteiger partial charge is 0.362 e. The fourth-order valence-electron chi connectivity index (χ4n) is 3.21. The number of nitrogens with one attached hydrogen (secondary N) is 1. The first-order valence-corrected chi connectivity index (χ1v) is 10.8. The highest BCUT2D eigenvalue weighted by molar-refractivity contribution is 7.82. The van der Waals surface area contributed by atoms with E-state index in [-0.39, 0.29) is 12.8 Å². The van der Waals surface area contributed by atoms with Crippen molar-refractivity contribution in [1.82, 2.24) is 0 Å². The van der Waals surface area contributed by atoms with Crippen LogP contribution in [0.1, 0.15) is 20.3 Å². The van der Waals surface area contributed by atoms with Gasteiger partial charge in [0.25, 0.3) is 0 Å². The van der Waals surface area contributed by atoms with Crippen molar-refractivity contribution < 1.29 is 4.65 Å². The molecule has 136 valence electrons. The van der Waals surface area contributed by atoms with Crippen molar-refractivity contribution in [3.05, 3.63) is 91.0 Å². The van der Waals surface area contributed by atoms with E-state index in [1.807, 2.05) is 54.6 Å². The predicted octanol–water partition coefficient (Wildman–Crippen LogP) is 4.35. The summed E-state index contributed by atoms with van der Waals surface area (Å²) in [6.07, 6.45) is 0.746. The fraction of sp³-hybridized carbons (Fsp3) is 0.174. The third kappa shape index (κ3) is 4.94. The van der Waals surface area contributed by atoms with Gasteiger partial charge in [0, 0.05) is 5.45 Å². The summed E-state index contributed by atoms with van der Waals surface area (Å²) in [5.41, 5.74) is 3.05. The summed E-state index contributed by atoms with van der Waals surface area (Å²) in [5.74, 6) is -0.0553. The summed E-state index contributed by atoms with van der Waals surface area (Å²) in [6, 6.07) is 31.1. The molecule has 0 aromatic heterocycles. The highest BCUT2D eigenvalue weighted by atomic mass is 31.1. The number of benzene rings is 3. The lowest BCUT2D eigenvalue weighted by Crippen LogP contribution is -2.47. The molecule has 3 aromatic carbocycles. The molecule has 0 aliphatic rings. The topological polar surface area (TPSA) is 33.1 Å². The zero-order chi connectivity index (χ0) is 19.1. The van der Waals surface area contributed by atoms with Crippen molar-refractivity contribution in [1.29, 1.82) is 5.41 Å². The molecular weight excluding hydrogens is 348 g/mol. The lowest BCUT2D eigenvalue weighted by atomic mass is 9.55. The zero-order valence-electron chi connectivity index (χ0n) is 15.9. The van der Waals surface area contributed by atoms with Crippen LogP contribution in [0.5, 0.6) is 0 Å². The molecule has 0 bridgehead atoms. The molecule has 1 N–H and O–H groups in total. The van der Waals surface area contributed by atoms with Gasteiger partial charge in [-0.1, -0.05) is 97.9 Å². The van der Waals surface area contributed by atoms with Crippen LogP contribution < -0.4 is 16.2 Å². The molecule has 27 heavy (non-hydrogen) atoms. The molecule has 0 aliphatic heterocycles. The molecule has 3 aromatic rings. The minimum absolute atomic E-state index is 0.0553. The minimum atomic E-state index is -0.830. The Labute approximate surface area is 164 Å². The number of rotatable bonds is 8. The van der Waals surface area contributed by atoms with Gasteiger partial charge in [0.1, 0.15) is 0 Å². The van der Waals surface area contributed by atoms with Gasteiger partial charge >= 0.3 is 6.92 Å². The van der Waals surface area contributed by atoms with E-state index in [4.69, 9.17) is 10.1 Å². The first-order valence-electron chi connectivity index (χ1n) is 9.37. The van der Waals surface area contributed by atoms with Gasteiger partial charge in [-0.05, 0) is 37.5 Å². The average molecular weight is 373 g/mol. The Bertz CT molecular complexity index is 803. The summed E-state index contributed by atoms with van der Waals surface area (Å²) in [6.45, 7) is 4.03. The maximum absolute atomic E-state index is 8.56. The molecule has 3 rings (SSSR count). The molecule has 0 amide bonds. The van der Waals surface area contributed by atoms with Crippen LogP contribution in [0.4, 0.5) is 0 Å². The zero-order valence-corrected chi connectivity index (χ0v) is 16.8. The largest absolute Gasteiger partial charge is 0.420 e. The van der Waals surface area contributed by atoms with Crippen molar-refractivity contribution in [2.24, 2.45) is 0 Å². The molecule has 0 saturated carbocycles. The van der Waals surface area contributed by atoms with Crippen LogP contribution in [0.2, 0.25) is 0 Å². The normalized spacial score (nSPS) is 13.0. The van der Waals surface area contributed by atoms with E-state index in [9.17, 15) is 0 Å². The SMILES string of the molecule is CCC(=N)P(c1ccccc1)C(C)OB(c1ccccc1)c1ccccc1. The van der Waals surface area contributed by atoms with E-state index in [0.717, 1.165) is 22.8 Å². The van der Waals surface area contributed by atoms with E-state index >= 15 is 0 Å². The third-order valence-electron chi connectivity index (χ3n) is 4.56. The van der Waals surface area contributed by atoms with Crippen molar-refractivity contribution in [3.8, 4) is 0 Å². The summed E-state index contributed by atoms with van der Waals surface area (Å²) in [7, 11) is -0.830. The fourth-order valence-corrected chi connectivity index (χ4v) is 5.46. The number of hydrogen-bond acceptors (Lipinski definition) is 2. The Kier molecular flexibility index (Phi) is 6.98. The summed E-state index contributed by atoms with van der Waals surface area (Å²) >= 11 is 0. The molecule has 2 nitrogen and oxygen atoms in total. The van der Waals surface area contributed by atoms with Crippen LogP contribution in [0, 0.1) is 5.41 Å². The first-order chi connectivity index (χ1) is 13.2. The monoisotopic (exact) mass is 373 g/mol. The second-order valence-electron chi connectivity index (χ2n) is 6.44. The van der Waals surface area contributed by atoms with Gasteiger partial charge in [0.05, 0.1) is 5.85 Å². The van der Waals surface area contributed by atoms with Gasteiger partial charge in [-0.15, -0.1) is 0 Å².